The number of anilines is 2. The third kappa shape index (κ3) is 4.99. The number of ether oxygens (including phenoxy) is 1. The highest BCUT2D eigenvalue weighted by atomic mass is 16.5. The smallest absolute Gasteiger partial charge is 0.307 e. The summed E-state index contributed by atoms with van der Waals surface area (Å²) in [7, 11) is 0. The first-order chi connectivity index (χ1) is 14.1. The standard InChI is InChI=1S/C22H25N5O2/c1-3-29-21(28)7-9-27-14-18(13-24-27)17-10-15(2)11-19(12-17)25-22-23-8-6-20(26-22)16-4-5-16/h6,8,10-14,16H,3-5,7,9H2,1-2H3,(H,23,25,26). The second-order valence-electron chi connectivity index (χ2n) is 7.34. The van der Waals surface area contributed by atoms with Crippen LogP contribution >= 0.6 is 0 Å². The number of hydrogen-bond donors (Lipinski definition) is 1. The predicted molar refractivity (Wildman–Crippen MR) is 111 cm³/mol. The van der Waals surface area contributed by atoms with Crippen LogP contribution in [-0.4, -0.2) is 32.3 Å². The summed E-state index contributed by atoms with van der Waals surface area (Å²) in [5.41, 5.74) is 5.22. The topological polar surface area (TPSA) is 81.9 Å². The molecule has 2 aromatic heterocycles. The number of benzene rings is 1. The van der Waals surface area contributed by atoms with E-state index in [1.54, 1.807) is 11.6 Å². The molecule has 7 nitrogen and oxygen atoms in total. The number of nitrogens with zero attached hydrogens (tertiary/aromatic N) is 4. The maximum absolute atomic E-state index is 11.5. The van der Waals surface area contributed by atoms with Gasteiger partial charge in [0, 0.05) is 35.3 Å². The molecule has 1 aromatic carbocycles. The molecule has 4 rings (SSSR count). The van der Waals surface area contributed by atoms with Crippen molar-refractivity contribution in [2.75, 3.05) is 11.9 Å². The van der Waals surface area contributed by atoms with Crippen LogP contribution in [0.1, 0.15) is 43.4 Å². The number of aryl methyl sites for hydroxylation is 2. The molecule has 0 aliphatic heterocycles. The first kappa shape index (κ1) is 19.1. The second-order valence-corrected chi connectivity index (χ2v) is 7.34. The van der Waals surface area contributed by atoms with Crippen molar-refractivity contribution in [2.24, 2.45) is 0 Å². The van der Waals surface area contributed by atoms with Gasteiger partial charge in [-0.1, -0.05) is 6.07 Å². The van der Waals surface area contributed by atoms with Gasteiger partial charge in [-0.3, -0.25) is 9.48 Å². The van der Waals surface area contributed by atoms with Crippen molar-refractivity contribution in [3.05, 3.63) is 54.1 Å². The number of nitrogens with one attached hydrogen (secondary N) is 1. The predicted octanol–water partition coefficient (Wildman–Crippen LogP) is 4.22. The molecule has 0 amide bonds. The van der Waals surface area contributed by atoms with E-state index in [4.69, 9.17) is 4.74 Å². The monoisotopic (exact) mass is 391 g/mol. The molecule has 0 atom stereocenters. The summed E-state index contributed by atoms with van der Waals surface area (Å²) >= 11 is 0. The van der Waals surface area contributed by atoms with Gasteiger partial charge in [0.25, 0.3) is 0 Å². The molecule has 0 spiro atoms. The average molecular weight is 391 g/mol. The number of hydrogen-bond acceptors (Lipinski definition) is 6. The maximum atomic E-state index is 11.5. The fourth-order valence-electron chi connectivity index (χ4n) is 3.26. The molecule has 0 bridgehead atoms. The van der Waals surface area contributed by atoms with Gasteiger partial charge in [0.15, 0.2) is 0 Å². The van der Waals surface area contributed by atoms with E-state index >= 15 is 0 Å². The molecule has 1 N–H and O–H groups in total. The molecule has 0 unspecified atom stereocenters. The van der Waals surface area contributed by atoms with Crippen molar-refractivity contribution < 1.29 is 9.53 Å². The Morgan fingerprint density at radius 1 is 1.28 bits per heavy atom. The van der Waals surface area contributed by atoms with E-state index in [0.29, 0.717) is 31.4 Å². The van der Waals surface area contributed by atoms with Gasteiger partial charge in [-0.25, -0.2) is 9.97 Å². The second kappa shape index (κ2) is 8.43. The lowest BCUT2D eigenvalue weighted by atomic mass is 10.1. The van der Waals surface area contributed by atoms with Gasteiger partial charge >= 0.3 is 5.97 Å². The molecule has 0 radical (unpaired) electrons. The minimum Gasteiger partial charge on any atom is -0.466 e. The molecule has 2 heterocycles. The minimum absolute atomic E-state index is 0.208. The lowest BCUT2D eigenvalue weighted by Gasteiger charge is -2.09. The zero-order valence-electron chi connectivity index (χ0n) is 16.8. The molecule has 1 aliphatic rings. The summed E-state index contributed by atoms with van der Waals surface area (Å²) in [6, 6.07) is 8.24. The summed E-state index contributed by atoms with van der Waals surface area (Å²) in [6.07, 6.45) is 8.31. The molecule has 1 aliphatic carbocycles. The van der Waals surface area contributed by atoms with E-state index in [1.807, 2.05) is 24.7 Å². The SMILES string of the molecule is CCOC(=O)CCn1cc(-c2cc(C)cc(Nc3nccc(C4CC4)n3)c2)cn1. The van der Waals surface area contributed by atoms with Crippen LogP contribution in [0.4, 0.5) is 11.6 Å². The zero-order chi connectivity index (χ0) is 20.2. The Kier molecular flexibility index (Phi) is 5.55. The number of rotatable bonds is 8. The minimum atomic E-state index is -0.208. The third-order valence-electron chi connectivity index (χ3n) is 4.82. The highest BCUT2D eigenvalue weighted by molar-refractivity contribution is 5.70. The molecular weight excluding hydrogens is 366 g/mol. The fourth-order valence-corrected chi connectivity index (χ4v) is 3.26. The number of carbonyl (C=O) groups excluding carboxylic acids is 1. The van der Waals surface area contributed by atoms with Gasteiger partial charge in [-0.05, 0) is 56.0 Å². The number of aromatic nitrogens is 4. The molecule has 3 aromatic rings. The highest BCUT2D eigenvalue weighted by Crippen LogP contribution is 2.39. The van der Waals surface area contributed by atoms with Gasteiger partial charge in [-0.15, -0.1) is 0 Å². The van der Waals surface area contributed by atoms with Crippen molar-refractivity contribution in [3.63, 3.8) is 0 Å². The summed E-state index contributed by atoms with van der Waals surface area (Å²) in [5, 5.41) is 7.70. The van der Waals surface area contributed by atoms with Crippen LogP contribution in [0.25, 0.3) is 11.1 Å². The first-order valence-corrected chi connectivity index (χ1v) is 10.0. The van der Waals surface area contributed by atoms with Crippen molar-refractivity contribution in [1.29, 1.82) is 0 Å². The Labute approximate surface area is 170 Å². The highest BCUT2D eigenvalue weighted by Gasteiger charge is 2.25. The Balaban J connectivity index is 1.48. The van der Waals surface area contributed by atoms with Crippen LogP contribution in [0.3, 0.4) is 0 Å². The van der Waals surface area contributed by atoms with Crippen molar-refractivity contribution >= 4 is 17.6 Å². The van der Waals surface area contributed by atoms with E-state index in [0.717, 1.165) is 28.1 Å². The third-order valence-corrected chi connectivity index (χ3v) is 4.82. The molecular formula is C22H25N5O2. The maximum Gasteiger partial charge on any atom is 0.307 e. The summed E-state index contributed by atoms with van der Waals surface area (Å²) in [4.78, 5) is 20.5. The summed E-state index contributed by atoms with van der Waals surface area (Å²) < 4.78 is 6.74. The molecule has 0 saturated heterocycles. The molecule has 1 fully saturated rings. The van der Waals surface area contributed by atoms with Crippen LogP contribution in [0, 0.1) is 6.92 Å². The van der Waals surface area contributed by atoms with E-state index < -0.39 is 0 Å². The van der Waals surface area contributed by atoms with Crippen molar-refractivity contribution in [3.8, 4) is 11.1 Å². The number of carbonyl (C=O) groups is 1. The van der Waals surface area contributed by atoms with E-state index in [-0.39, 0.29) is 5.97 Å². The van der Waals surface area contributed by atoms with E-state index in [1.165, 1.54) is 12.8 Å². The Hall–Kier alpha value is -3.22. The van der Waals surface area contributed by atoms with Crippen LogP contribution in [0.15, 0.2) is 42.9 Å². The van der Waals surface area contributed by atoms with Gasteiger partial charge < -0.3 is 10.1 Å². The Morgan fingerprint density at radius 3 is 2.93 bits per heavy atom. The van der Waals surface area contributed by atoms with Crippen LogP contribution in [0.5, 0.6) is 0 Å². The average Bonchev–Trinajstić information content (AvgIpc) is 3.44. The van der Waals surface area contributed by atoms with Gasteiger partial charge in [0.1, 0.15) is 0 Å². The van der Waals surface area contributed by atoms with Gasteiger partial charge in [0.2, 0.25) is 5.95 Å². The summed E-state index contributed by atoms with van der Waals surface area (Å²) in [6.45, 7) is 4.76. The largest absolute Gasteiger partial charge is 0.466 e. The molecule has 150 valence electrons. The van der Waals surface area contributed by atoms with Gasteiger partial charge in [0.05, 0.1) is 25.8 Å². The Bertz CT molecular complexity index is 1010. The first-order valence-electron chi connectivity index (χ1n) is 10.0. The van der Waals surface area contributed by atoms with Crippen molar-refractivity contribution in [2.45, 2.75) is 45.6 Å². The quantitative estimate of drug-likeness (QED) is 0.579. The normalized spacial score (nSPS) is 13.3. The van der Waals surface area contributed by atoms with Gasteiger partial charge in [-0.2, -0.15) is 5.10 Å². The van der Waals surface area contributed by atoms with Crippen LogP contribution in [0.2, 0.25) is 0 Å². The molecule has 7 heteroatoms. The van der Waals surface area contributed by atoms with E-state index in [2.05, 4.69) is 45.5 Å². The van der Waals surface area contributed by atoms with Crippen LogP contribution < -0.4 is 5.32 Å². The molecule has 29 heavy (non-hydrogen) atoms. The van der Waals surface area contributed by atoms with Crippen LogP contribution in [-0.2, 0) is 16.1 Å². The number of esters is 1. The lowest BCUT2D eigenvalue weighted by molar-refractivity contribution is -0.143. The van der Waals surface area contributed by atoms with Crippen molar-refractivity contribution in [1.82, 2.24) is 19.7 Å². The van der Waals surface area contributed by atoms with E-state index in [9.17, 15) is 4.79 Å². The fraction of sp³-hybridized carbons (Fsp3) is 0.364. The summed E-state index contributed by atoms with van der Waals surface area (Å²) in [5.74, 6) is 1.00. The Morgan fingerprint density at radius 2 is 2.14 bits per heavy atom. The lowest BCUT2D eigenvalue weighted by Crippen LogP contribution is -2.09. The molecule has 1 saturated carbocycles. The zero-order valence-corrected chi connectivity index (χ0v) is 16.8.